The highest BCUT2D eigenvalue weighted by Gasteiger charge is 2.28. The van der Waals surface area contributed by atoms with Crippen LogP contribution in [-0.2, 0) is 0 Å². The highest BCUT2D eigenvalue weighted by atomic mass is 16.5. The molecule has 5 heteroatoms. The molecule has 2 atom stereocenters. The van der Waals surface area contributed by atoms with E-state index in [2.05, 4.69) is 20.8 Å². The van der Waals surface area contributed by atoms with Gasteiger partial charge in [-0.15, -0.1) is 0 Å². The third-order valence-corrected chi connectivity index (χ3v) is 8.29. The summed E-state index contributed by atoms with van der Waals surface area (Å²) >= 11 is 0. The minimum absolute atomic E-state index is 0.123. The van der Waals surface area contributed by atoms with Crippen molar-refractivity contribution in [2.75, 3.05) is 6.61 Å². The molecule has 0 spiro atoms. The van der Waals surface area contributed by atoms with Gasteiger partial charge < -0.3 is 19.3 Å². The molecule has 0 fully saturated rings. The van der Waals surface area contributed by atoms with Crippen LogP contribution in [0.5, 0.6) is 17.2 Å². The summed E-state index contributed by atoms with van der Waals surface area (Å²) in [5, 5.41) is 11.2. The number of benzene rings is 3. The fourth-order valence-corrected chi connectivity index (χ4v) is 5.76. The lowest BCUT2D eigenvalue weighted by Crippen LogP contribution is -2.11. The second-order valence-corrected chi connectivity index (χ2v) is 11.9. The fourth-order valence-electron chi connectivity index (χ4n) is 5.76. The summed E-state index contributed by atoms with van der Waals surface area (Å²) in [7, 11) is 0. The second kappa shape index (κ2) is 17.1. The van der Waals surface area contributed by atoms with Gasteiger partial charge >= 0.3 is 5.97 Å². The SMILES string of the molecule is CCCCCCCCCCOc1ccc(C(=O)Oc2ccc3c(c2)[C@H](O)c2cc(O[C@H](C)CCCCCC)ccc2-3)cc1. The van der Waals surface area contributed by atoms with Crippen molar-refractivity contribution in [1.29, 1.82) is 0 Å². The van der Waals surface area contributed by atoms with Crippen molar-refractivity contribution in [3.63, 3.8) is 0 Å². The summed E-state index contributed by atoms with van der Waals surface area (Å²) in [4.78, 5) is 12.9. The Labute approximate surface area is 258 Å². The van der Waals surface area contributed by atoms with Crippen LogP contribution >= 0.6 is 0 Å². The predicted octanol–water partition coefficient (Wildman–Crippen LogP) is 10.2. The van der Waals surface area contributed by atoms with E-state index in [0.29, 0.717) is 17.9 Å². The molecule has 0 heterocycles. The maximum atomic E-state index is 12.9. The zero-order valence-corrected chi connectivity index (χ0v) is 26.4. The lowest BCUT2D eigenvalue weighted by Gasteiger charge is -2.16. The average molecular weight is 587 g/mol. The maximum absolute atomic E-state index is 12.9. The molecule has 0 saturated heterocycles. The van der Waals surface area contributed by atoms with Gasteiger partial charge in [-0.25, -0.2) is 4.79 Å². The van der Waals surface area contributed by atoms with Gasteiger partial charge in [-0.05, 0) is 97.0 Å². The molecule has 4 rings (SSSR count). The quantitative estimate of drug-likeness (QED) is 0.0860. The first-order chi connectivity index (χ1) is 21.0. The van der Waals surface area contributed by atoms with Crippen LogP contribution in [0.25, 0.3) is 11.1 Å². The van der Waals surface area contributed by atoms with Gasteiger partial charge in [0.15, 0.2) is 0 Å². The number of aliphatic hydroxyl groups is 1. The van der Waals surface area contributed by atoms with E-state index >= 15 is 0 Å². The fraction of sp³-hybridized carbons (Fsp3) is 0.500. The van der Waals surface area contributed by atoms with Crippen LogP contribution in [-0.4, -0.2) is 23.8 Å². The largest absolute Gasteiger partial charge is 0.494 e. The molecule has 1 aliphatic rings. The Balaban J connectivity index is 1.26. The molecule has 3 aromatic carbocycles. The van der Waals surface area contributed by atoms with E-state index in [1.807, 2.05) is 36.4 Å². The van der Waals surface area contributed by atoms with E-state index in [4.69, 9.17) is 14.2 Å². The summed E-state index contributed by atoms with van der Waals surface area (Å²) < 4.78 is 17.7. The first kappa shape index (κ1) is 32.6. The number of carbonyl (C=O) groups excluding carboxylic acids is 1. The average Bonchev–Trinajstić information content (AvgIpc) is 3.29. The Bertz CT molecular complexity index is 1280. The molecular weight excluding hydrogens is 536 g/mol. The molecule has 1 N–H and O–H groups in total. The predicted molar refractivity (Wildman–Crippen MR) is 174 cm³/mol. The minimum atomic E-state index is -0.801. The number of esters is 1. The van der Waals surface area contributed by atoms with Crippen molar-refractivity contribution in [1.82, 2.24) is 0 Å². The summed E-state index contributed by atoms with van der Waals surface area (Å²) in [5.74, 6) is 1.49. The van der Waals surface area contributed by atoms with Gasteiger partial charge in [-0.1, -0.05) is 90.2 Å². The molecule has 0 saturated carbocycles. The zero-order chi connectivity index (χ0) is 30.4. The number of hydrogen-bond donors (Lipinski definition) is 1. The van der Waals surface area contributed by atoms with E-state index in [9.17, 15) is 9.90 Å². The van der Waals surface area contributed by atoms with Crippen LogP contribution in [0.1, 0.15) is 132 Å². The maximum Gasteiger partial charge on any atom is 0.343 e. The number of fused-ring (bicyclic) bond motifs is 3. The number of rotatable bonds is 19. The van der Waals surface area contributed by atoms with E-state index in [1.165, 1.54) is 64.2 Å². The number of hydrogen-bond acceptors (Lipinski definition) is 5. The Morgan fingerprint density at radius 1 is 0.698 bits per heavy atom. The Morgan fingerprint density at radius 2 is 1.23 bits per heavy atom. The number of ether oxygens (including phenoxy) is 3. The van der Waals surface area contributed by atoms with Crippen molar-refractivity contribution in [3.8, 4) is 28.4 Å². The molecule has 0 bridgehead atoms. The molecule has 0 amide bonds. The highest BCUT2D eigenvalue weighted by Crippen LogP contribution is 2.46. The third kappa shape index (κ3) is 9.59. The summed E-state index contributed by atoms with van der Waals surface area (Å²) in [6.45, 7) is 7.25. The van der Waals surface area contributed by atoms with Gasteiger partial charge in [0.2, 0.25) is 0 Å². The zero-order valence-electron chi connectivity index (χ0n) is 26.4. The van der Waals surface area contributed by atoms with Crippen molar-refractivity contribution >= 4 is 5.97 Å². The van der Waals surface area contributed by atoms with Gasteiger partial charge in [0.05, 0.1) is 18.3 Å². The van der Waals surface area contributed by atoms with E-state index in [0.717, 1.165) is 53.0 Å². The smallest absolute Gasteiger partial charge is 0.343 e. The lowest BCUT2D eigenvalue weighted by molar-refractivity contribution is 0.0734. The highest BCUT2D eigenvalue weighted by molar-refractivity contribution is 5.91. The normalized spacial score (nSPS) is 14.2. The molecule has 43 heavy (non-hydrogen) atoms. The van der Waals surface area contributed by atoms with Crippen molar-refractivity contribution in [2.24, 2.45) is 0 Å². The molecule has 0 radical (unpaired) electrons. The molecule has 0 aliphatic heterocycles. The molecule has 0 unspecified atom stereocenters. The van der Waals surface area contributed by atoms with Crippen molar-refractivity contribution in [3.05, 3.63) is 77.4 Å². The molecule has 0 aromatic heterocycles. The van der Waals surface area contributed by atoms with Crippen molar-refractivity contribution < 1.29 is 24.1 Å². The first-order valence-electron chi connectivity index (χ1n) is 16.6. The molecule has 3 aromatic rings. The lowest BCUT2D eigenvalue weighted by atomic mass is 10.1. The summed E-state index contributed by atoms with van der Waals surface area (Å²) in [6, 6.07) is 18.5. The summed E-state index contributed by atoms with van der Waals surface area (Å²) in [6.07, 6.45) is 15.3. The standard InChI is InChI=1S/C38H50O5/c1-4-6-8-10-11-12-13-15-25-41-30-19-17-29(18-20-30)38(40)43-32-22-24-34-33-23-21-31(26-35(33)37(39)36(34)27-32)42-28(3)16-14-9-7-5-2/h17-24,26-28,37,39H,4-16,25H2,1-3H3/t28-,37-/m1/s1. The van der Waals surface area contributed by atoms with Crippen LogP contribution in [0.3, 0.4) is 0 Å². The van der Waals surface area contributed by atoms with E-state index < -0.39 is 12.1 Å². The molecular formula is C38H50O5. The van der Waals surface area contributed by atoms with Crippen LogP contribution in [0.4, 0.5) is 0 Å². The van der Waals surface area contributed by atoms with Crippen LogP contribution in [0, 0.1) is 0 Å². The van der Waals surface area contributed by atoms with E-state index in [-0.39, 0.29) is 6.10 Å². The first-order valence-corrected chi connectivity index (χ1v) is 16.6. The van der Waals surface area contributed by atoms with Gasteiger partial charge in [0.25, 0.3) is 0 Å². The third-order valence-electron chi connectivity index (χ3n) is 8.29. The van der Waals surface area contributed by atoms with Gasteiger partial charge in [0, 0.05) is 0 Å². The second-order valence-electron chi connectivity index (χ2n) is 11.9. The van der Waals surface area contributed by atoms with Crippen LogP contribution in [0.2, 0.25) is 0 Å². The number of unbranched alkanes of at least 4 members (excludes halogenated alkanes) is 10. The monoisotopic (exact) mass is 586 g/mol. The van der Waals surface area contributed by atoms with Gasteiger partial charge in [-0.2, -0.15) is 0 Å². The number of carbonyl (C=O) groups is 1. The Kier molecular flexibility index (Phi) is 13.0. The Hall–Kier alpha value is -3.31. The van der Waals surface area contributed by atoms with Gasteiger partial charge in [0.1, 0.15) is 23.4 Å². The molecule has 1 aliphatic carbocycles. The molecule has 232 valence electrons. The Morgan fingerprint density at radius 3 is 1.88 bits per heavy atom. The topological polar surface area (TPSA) is 65.0 Å². The van der Waals surface area contributed by atoms with E-state index in [1.54, 1.807) is 24.3 Å². The summed E-state index contributed by atoms with van der Waals surface area (Å²) in [5.41, 5.74) is 3.92. The van der Waals surface area contributed by atoms with Crippen LogP contribution in [0.15, 0.2) is 60.7 Å². The van der Waals surface area contributed by atoms with Gasteiger partial charge in [-0.3, -0.25) is 0 Å². The number of aliphatic hydroxyl groups excluding tert-OH is 1. The minimum Gasteiger partial charge on any atom is -0.494 e. The van der Waals surface area contributed by atoms with Crippen LogP contribution < -0.4 is 14.2 Å². The molecule has 5 nitrogen and oxygen atoms in total. The van der Waals surface area contributed by atoms with Crippen molar-refractivity contribution in [2.45, 2.75) is 116 Å².